The number of fused-ring (bicyclic) bond motifs is 1. The van der Waals surface area contributed by atoms with Crippen LogP contribution in [0.4, 0.5) is 0 Å². The first-order valence-electron chi connectivity index (χ1n) is 12.6. The summed E-state index contributed by atoms with van der Waals surface area (Å²) in [6.45, 7) is 11.3. The second-order valence-corrected chi connectivity index (χ2v) is 10.2. The van der Waals surface area contributed by atoms with Gasteiger partial charge in [-0.3, -0.25) is 19.8 Å². The van der Waals surface area contributed by atoms with Gasteiger partial charge >= 0.3 is 0 Å². The SMILES string of the molecule is C=N/C(C)=C\C(=C/C)c1n[nH]c2ccc(C(=O)N[C@@H]3CCC(C)N(Cc4c(P)cccc4OC)C3)cc12. The van der Waals surface area contributed by atoms with E-state index in [1.165, 1.54) is 5.56 Å². The number of likely N-dealkylation sites (tertiary alicyclic amines) is 1. The molecular formula is C29H36N5O2P. The average molecular weight is 518 g/mol. The number of hydrogen-bond donors (Lipinski definition) is 2. The molecule has 0 radical (unpaired) electrons. The maximum atomic E-state index is 13.3. The number of hydrogen-bond acceptors (Lipinski definition) is 5. The van der Waals surface area contributed by atoms with E-state index in [-0.39, 0.29) is 11.9 Å². The molecule has 1 aromatic heterocycles. The monoisotopic (exact) mass is 517 g/mol. The van der Waals surface area contributed by atoms with Crippen molar-refractivity contribution < 1.29 is 9.53 Å². The number of H-pyrrole nitrogens is 1. The van der Waals surface area contributed by atoms with Crippen molar-refractivity contribution in [3.8, 4) is 5.75 Å². The topological polar surface area (TPSA) is 82.6 Å². The van der Waals surface area contributed by atoms with Crippen LogP contribution in [0, 0.1) is 0 Å². The predicted molar refractivity (Wildman–Crippen MR) is 156 cm³/mol. The molecular weight excluding hydrogens is 481 g/mol. The van der Waals surface area contributed by atoms with E-state index in [4.69, 9.17) is 4.74 Å². The average Bonchev–Trinajstić information content (AvgIpc) is 3.33. The third kappa shape index (κ3) is 6.00. The maximum absolute atomic E-state index is 13.3. The lowest BCUT2D eigenvalue weighted by Crippen LogP contribution is -2.50. The van der Waals surface area contributed by atoms with Gasteiger partial charge < -0.3 is 10.1 Å². The van der Waals surface area contributed by atoms with Crippen molar-refractivity contribution in [1.29, 1.82) is 0 Å². The van der Waals surface area contributed by atoms with E-state index in [9.17, 15) is 4.79 Å². The fourth-order valence-electron chi connectivity index (χ4n) is 4.87. The first kappa shape index (κ1) is 26.8. The van der Waals surface area contributed by atoms with Crippen molar-refractivity contribution in [2.75, 3.05) is 13.7 Å². The van der Waals surface area contributed by atoms with E-state index >= 15 is 0 Å². The van der Waals surface area contributed by atoms with E-state index in [1.54, 1.807) is 7.11 Å². The van der Waals surface area contributed by atoms with Crippen molar-refractivity contribution in [2.45, 2.75) is 52.2 Å². The number of methoxy groups -OCH3 is 1. The van der Waals surface area contributed by atoms with Crippen LogP contribution in [0.3, 0.4) is 0 Å². The van der Waals surface area contributed by atoms with E-state index in [0.717, 1.165) is 64.9 Å². The molecule has 0 aliphatic carbocycles. The highest BCUT2D eigenvalue weighted by atomic mass is 31.0. The van der Waals surface area contributed by atoms with Crippen molar-refractivity contribution in [2.24, 2.45) is 4.99 Å². The predicted octanol–water partition coefficient (Wildman–Crippen LogP) is 4.86. The fourth-order valence-corrected chi connectivity index (χ4v) is 5.21. The van der Waals surface area contributed by atoms with Crippen LogP contribution in [0.5, 0.6) is 5.75 Å². The number of benzene rings is 2. The Labute approximate surface area is 221 Å². The second kappa shape index (κ2) is 11.8. The summed E-state index contributed by atoms with van der Waals surface area (Å²) in [6, 6.07) is 12.3. The molecule has 7 nitrogen and oxygen atoms in total. The summed E-state index contributed by atoms with van der Waals surface area (Å²) in [6.07, 6.45) is 5.89. The van der Waals surface area contributed by atoms with Gasteiger partial charge in [0.15, 0.2) is 0 Å². The molecule has 1 aliphatic heterocycles. The summed E-state index contributed by atoms with van der Waals surface area (Å²) in [7, 11) is 4.52. The molecule has 2 aromatic carbocycles. The highest BCUT2D eigenvalue weighted by Crippen LogP contribution is 2.27. The van der Waals surface area contributed by atoms with E-state index in [2.05, 4.69) is 54.4 Å². The van der Waals surface area contributed by atoms with Gasteiger partial charge in [-0.1, -0.05) is 18.2 Å². The molecule has 8 heteroatoms. The lowest BCUT2D eigenvalue weighted by atomic mass is 9.97. The van der Waals surface area contributed by atoms with Crippen LogP contribution in [-0.4, -0.2) is 53.5 Å². The van der Waals surface area contributed by atoms with Crippen LogP contribution in [0.2, 0.25) is 0 Å². The summed E-state index contributed by atoms with van der Waals surface area (Å²) in [5.41, 5.74) is 5.19. The summed E-state index contributed by atoms with van der Waals surface area (Å²) in [5.74, 6) is 0.823. The summed E-state index contributed by atoms with van der Waals surface area (Å²) < 4.78 is 5.61. The molecule has 0 saturated carbocycles. The normalized spacial score (nSPS) is 19.2. The van der Waals surface area contributed by atoms with Gasteiger partial charge in [-0.2, -0.15) is 5.10 Å². The molecule has 2 unspecified atom stereocenters. The van der Waals surface area contributed by atoms with Gasteiger partial charge in [-0.05, 0) is 76.0 Å². The van der Waals surface area contributed by atoms with Crippen LogP contribution >= 0.6 is 9.24 Å². The van der Waals surface area contributed by atoms with Crippen LogP contribution in [-0.2, 0) is 6.54 Å². The number of ether oxygens (including phenoxy) is 1. The molecule has 0 bridgehead atoms. The Morgan fingerprint density at radius 3 is 2.89 bits per heavy atom. The van der Waals surface area contributed by atoms with Crippen LogP contribution < -0.4 is 15.4 Å². The fraction of sp³-hybridized carbons (Fsp3) is 0.345. The number of carbonyl (C=O) groups is 1. The Bertz CT molecular complexity index is 1360. The number of carbonyl (C=O) groups excluding carboxylic acids is 1. The minimum Gasteiger partial charge on any atom is -0.496 e. The van der Waals surface area contributed by atoms with E-state index < -0.39 is 0 Å². The minimum absolute atomic E-state index is 0.0703. The number of piperidine rings is 1. The maximum Gasteiger partial charge on any atom is 0.251 e. The molecule has 3 aromatic rings. The highest BCUT2D eigenvalue weighted by Gasteiger charge is 2.28. The van der Waals surface area contributed by atoms with E-state index in [0.29, 0.717) is 11.6 Å². The lowest BCUT2D eigenvalue weighted by Gasteiger charge is -2.38. The third-order valence-electron chi connectivity index (χ3n) is 7.12. The Hall–Kier alpha value is -3.28. The van der Waals surface area contributed by atoms with Gasteiger partial charge in [0, 0.05) is 53.0 Å². The van der Waals surface area contributed by atoms with Crippen molar-refractivity contribution in [1.82, 2.24) is 20.4 Å². The third-order valence-corrected chi connectivity index (χ3v) is 7.66. The zero-order valence-corrected chi connectivity index (χ0v) is 23.2. The van der Waals surface area contributed by atoms with Gasteiger partial charge in [0.25, 0.3) is 5.91 Å². The smallest absolute Gasteiger partial charge is 0.251 e. The number of aliphatic imine (C=N–C) groups is 1. The molecule has 1 amide bonds. The number of amides is 1. The Balaban J connectivity index is 1.51. The molecule has 2 heterocycles. The van der Waals surface area contributed by atoms with Crippen LogP contribution in [0.15, 0.2) is 59.2 Å². The molecule has 1 aliphatic rings. The second-order valence-electron chi connectivity index (χ2n) is 9.57. The summed E-state index contributed by atoms with van der Waals surface area (Å²) >= 11 is 0. The first-order chi connectivity index (χ1) is 17.8. The number of aromatic nitrogens is 2. The quantitative estimate of drug-likeness (QED) is 0.254. The number of rotatable bonds is 8. The summed E-state index contributed by atoms with van der Waals surface area (Å²) in [4.78, 5) is 19.7. The van der Waals surface area contributed by atoms with Gasteiger partial charge in [0.2, 0.25) is 0 Å². The van der Waals surface area contributed by atoms with Crippen molar-refractivity contribution in [3.05, 3.63) is 71.1 Å². The molecule has 2 N–H and O–H groups in total. The zero-order chi connectivity index (χ0) is 26.5. The molecule has 3 atom stereocenters. The zero-order valence-electron chi connectivity index (χ0n) is 22.0. The van der Waals surface area contributed by atoms with E-state index in [1.807, 2.05) is 56.3 Å². The molecule has 1 saturated heterocycles. The van der Waals surface area contributed by atoms with Gasteiger partial charge in [0.1, 0.15) is 5.75 Å². The largest absolute Gasteiger partial charge is 0.496 e. The Morgan fingerprint density at radius 1 is 1.35 bits per heavy atom. The molecule has 4 rings (SSSR count). The van der Waals surface area contributed by atoms with Gasteiger partial charge in [0.05, 0.1) is 18.3 Å². The Kier molecular flexibility index (Phi) is 8.57. The van der Waals surface area contributed by atoms with Crippen LogP contribution in [0.1, 0.15) is 55.2 Å². The highest BCUT2D eigenvalue weighted by molar-refractivity contribution is 7.27. The molecule has 1 fully saturated rings. The van der Waals surface area contributed by atoms with Crippen molar-refractivity contribution >= 4 is 43.6 Å². The van der Waals surface area contributed by atoms with Crippen molar-refractivity contribution in [3.63, 3.8) is 0 Å². The lowest BCUT2D eigenvalue weighted by molar-refractivity contribution is 0.0851. The number of nitrogens with zero attached hydrogens (tertiary/aromatic N) is 3. The first-order valence-corrected chi connectivity index (χ1v) is 13.2. The standard InChI is InChI=1S/C29H36N5O2P/c1-6-20(14-18(2)30-4)28-23-15-21(11-13-25(23)32-33-28)29(35)31-22-12-10-19(3)34(16-22)17-24-26(36-5)8-7-9-27(24)37/h6-9,11,13-15,19,22H,4,10,12,16-17,37H2,1-3,5H3,(H,31,35)(H,32,33)/b18-14-,20-6+/t19?,22-/m1/s1. The number of nitrogens with one attached hydrogen (secondary N) is 2. The number of allylic oxidation sites excluding steroid dienone is 4. The minimum atomic E-state index is -0.0703. The number of aromatic amines is 1. The molecule has 194 valence electrons. The van der Waals surface area contributed by atoms with Crippen LogP contribution in [0.25, 0.3) is 16.5 Å². The summed E-state index contributed by atoms with van der Waals surface area (Å²) in [5, 5.41) is 12.9. The van der Waals surface area contributed by atoms with Gasteiger partial charge in [-0.15, -0.1) is 9.24 Å². The van der Waals surface area contributed by atoms with Gasteiger partial charge in [-0.25, -0.2) is 0 Å². The Morgan fingerprint density at radius 2 is 2.16 bits per heavy atom. The molecule has 37 heavy (non-hydrogen) atoms. The molecule has 0 spiro atoms.